The molecular weight excluding hydrogens is 236 g/mol. The van der Waals surface area contributed by atoms with E-state index < -0.39 is 11.9 Å². The molecule has 1 aromatic carbocycles. The number of esters is 2. The number of benzene rings is 1. The Kier molecular flexibility index (Phi) is 5.17. The summed E-state index contributed by atoms with van der Waals surface area (Å²) < 4.78 is 14.8. The Morgan fingerprint density at radius 3 is 2.22 bits per heavy atom. The van der Waals surface area contributed by atoms with E-state index in [1.807, 2.05) is 0 Å². The molecule has 0 N–H and O–H groups in total. The van der Waals surface area contributed by atoms with Crippen molar-refractivity contribution in [2.24, 2.45) is 0 Å². The molecule has 0 radical (unpaired) electrons. The average Bonchev–Trinajstić information content (AvgIpc) is 2.38. The Morgan fingerprint density at radius 1 is 1.06 bits per heavy atom. The number of carbonyl (C=O) groups is 2. The predicted molar refractivity (Wildman–Crippen MR) is 64.9 cm³/mol. The SMILES string of the molecule is CCOC(=O)c1ccc(C(=O)OCC)c(OC)c1. The van der Waals surface area contributed by atoms with Crippen LogP contribution in [0.4, 0.5) is 0 Å². The summed E-state index contributed by atoms with van der Waals surface area (Å²) in [7, 11) is 1.42. The van der Waals surface area contributed by atoms with Crippen LogP contribution in [0.3, 0.4) is 0 Å². The molecule has 5 nitrogen and oxygen atoms in total. The number of rotatable bonds is 5. The molecule has 0 atom stereocenters. The average molecular weight is 252 g/mol. The Balaban J connectivity index is 3.03. The first kappa shape index (κ1) is 14.0. The molecule has 0 amide bonds. The molecule has 0 fully saturated rings. The zero-order valence-corrected chi connectivity index (χ0v) is 10.7. The summed E-state index contributed by atoms with van der Waals surface area (Å²) >= 11 is 0. The first-order valence-corrected chi connectivity index (χ1v) is 5.66. The van der Waals surface area contributed by atoms with Crippen LogP contribution in [-0.4, -0.2) is 32.3 Å². The number of methoxy groups -OCH3 is 1. The van der Waals surface area contributed by atoms with E-state index in [1.54, 1.807) is 13.8 Å². The van der Waals surface area contributed by atoms with E-state index >= 15 is 0 Å². The number of hydrogen-bond acceptors (Lipinski definition) is 5. The van der Waals surface area contributed by atoms with Gasteiger partial charge in [-0.1, -0.05) is 0 Å². The lowest BCUT2D eigenvalue weighted by Crippen LogP contribution is -2.09. The molecule has 0 aliphatic carbocycles. The molecule has 0 aliphatic rings. The van der Waals surface area contributed by atoms with Crippen LogP contribution in [-0.2, 0) is 9.47 Å². The monoisotopic (exact) mass is 252 g/mol. The lowest BCUT2D eigenvalue weighted by Gasteiger charge is -2.09. The van der Waals surface area contributed by atoms with Crippen LogP contribution in [0.15, 0.2) is 18.2 Å². The number of carbonyl (C=O) groups excluding carboxylic acids is 2. The van der Waals surface area contributed by atoms with Crippen molar-refractivity contribution in [1.29, 1.82) is 0 Å². The maximum atomic E-state index is 11.6. The van der Waals surface area contributed by atoms with E-state index in [9.17, 15) is 9.59 Å². The van der Waals surface area contributed by atoms with Gasteiger partial charge in [-0.05, 0) is 32.0 Å². The van der Waals surface area contributed by atoms with Gasteiger partial charge in [-0.25, -0.2) is 9.59 Å². The molecule has 98 valence electrons. The predicted octanol–water partition coefficient (Wildman–Crippen LogP) is 2.05. The van der Waals surface area contributed by atoms with Crippen LogP contribution in [0.2, 0.25) is 0 Å². The Bertz CT molecular complexity index is 439. The zero-order valence-electron chi connectivity index (χ0n) is 10.7. The second-order valence-electron chi connectivity index (χ2n) is 3.36. The fourth-order valence-corrected chi connectivity index (χ4v) is 1.41. The molecule has 0 aliphatic heterocycles. The second-order valence-corrected chi connectivity index (χ2v) is 3.36. The van der Waals surface area contributed by atoms with Gasteiger partial charge in [0.25, 0.3) is 0 Å². The molecule has 18 heavy (non-hydrogen) atoms. The summed E-state index contributed by atoms with van der Waals surface area (Å²) in [5.74, 6) is -0.644. The van der Waals surface area contributed by atoms with Crippen molar-refractivity contribution >= 4 is 11.9 Å². The van der Waals surface area contributed by atoms with E-state index in [4.69, 9.17) is 14.2 Å². The molecule has 1 aromatic rings. The largest absolute Gasteiger partial charge is 0.496 e. The minimum Gasteiger partial charge on any atom is -0.496 e. The van der Waals surface area contributed by atoms with E-state index in [0.29, 0.717) is 17.9 Å². The first-order chi connectivity index (χ1) is 8.63. The second kappa shape index (κ2) is 6.64. The highest BCUT2D eigenvalue weighted by Gasteiger charge is 2.16. The van der Waals surface area contributed by atoms with Gasteiger partial charge in [0.15, 0.2) is 0 Å². The highest BCUT2D eigenvalue weighted by atomic mass is 16.5. The van der Waals surface area contributed by atoms with Crippen molar-refractivity contribution in [1.82, 2.24) is 0 Å². The van der Waals surface area contributed by atoms with Gasteiger partial charge in [0.2, 0.25) is 0 Å². The lowest BCUT2D eigenvalue weighted by molar-refractivity contribution is 0.0508. The number of ether oxygens (including phenoxy) is 3. The summed E-state index contributed by atoms with van der Waals surface area (Å²) in [5, 5.41) is 0. The third kappa shape index (κ3) is 3.23. The molecule has 0 bridgehead atoms. The molecule has 0 unspecified atom stereocenters. The fraction of sp³-hybridized carbons (Fsp3) is 0.385. The minimum atomic E-state index is -0.482. The van der Waals surface area contributed by atoms with Gasteiger partial charge < -0.3 is 14.2 Å². The van der Waals surface area contributed by atoms with Crippen molar-refractivity contribution in [3.63, 3.8) is 0 Å². The van der Waals surface area contributed by atoms with Gasteiger partial charge in [-0.2, -0.15) is 0 Å². The van der Waals surface area contributed by atoms with E-state index in [0.717, 1.165) is 0 Å². The highest BCUT2D eigenvalue weighted by molar-refractivity contribution is 5.96. The van der Waals surface area contributed by atoms with E-state index in [2.05, 4.69) is 0 Å². The molecule has 0 saturated carbocycles. The van der Waals surface area contributed by atoms with Crippen molar-refractivity contribution < 1.29 is 23.8 Å². The zero-order chi connectivity index (χ0) is 13.5. The van der Waals surface area contributed by atoms with Gasteiger partial charge in [0.1, 0.15) is 11.3 Å². The maximum Gasteiger partial charge on any atom is 0.341 e. The van der Waals surface area contributed by atoms with Crippen molar-refractivity contribution in [3.8, 4) is 5.75 Å². The summed E-state index contributed by atoms with van der Waals surface area (Å²) in [5.41, 5.74) is 0.620. The minimum absolute atomic E-state index is 0.279. The molecule has 1 rings (SSSR count). The van der Waals surface area contributed by atoms with E-state index in [-0.39, 0.29) is 12.2 Å². The molecule has 5 heteroatoms. The molecule has 0 aromatic heterocycles. The summed E-state index contributed by atoms with van der Waals surface area (Å²) in [4.78, 5) is 23.1. The van der Waals surface area contributed by atoms with Crippen LogP contribution in [0.25, 0.3) is 0 Å². The molecular formula is C13H16O5. The van der Waals surface area contributed by atoms with E-state index in [1.165, 1.54) is 25.3 Å². The summed E-state index contributed by atoms with van der Waals surface area (Å²) in [6.07, 6.45) is 0. The van der Waals surface area contributed by atoms with Crippen LogP contribution < -0.4 is 4.74 Å². The van der Waals surface area contributed by atoms with Gasteiger partial charge >= 0.3 is 11.9 Å². The lowest BCUT2D eigenvalue weighted by atomic mass is 10.1. The molecule has 0 saturated heterocycles. The Labute approximate surface area is 106 Å². The topological polar surface area (TPSA) is 61.8 Å². The Morgan fingerprint density at radius 2 is 1.67 bits per heavy atom. The highest BCUT2D eigenvalue weighted by Crippen LogP contribution is 2.21. The molecule has 0 heterocycles. The van der Waals surface area contributed by atoms with Gasteiger partial charge in [0, 0.05) is 0 Å². The van der Waals surface area contributed by atoms with Crippen LogP contribution in [0.5, 0.6) is 5.75 Å². The van der Waals surface area contributed by atoms with Gasteiger partial charge in [0.05, 0.1) is 25.9 Å². The smallest absolute Gasteiger partial charge is 0.341 e. The van der Waals surface area contributed by atoms with Crippen molar-refractivity contribution in [2.75, 3.05) is 20.3 Å². The van der Waals surface area contributed by atoms with Crippen molar-refractivity contribution in [3.05, 3.63) is 29.3 Å². The van der Waals surface area contributed by atoms with Gasteiger partial charge in [-0.15, -0.1) is 0 Å². The van der Waals surface area contributed by atoms with Crippen LogP contribution in [0.1, 0.15) is 34.6 Å². The summed E-state index contributed by atoms with van der Waals surface area (Å²) in [6.45, 7) is 4.02. The third-order valence-electron chi connectivity index (χ3n) is 2.21. The standard InChI is InChI=1S/C13H16O5/c1-4-17-12(14)9-6-7-10(11(8-9)16-3)13(15)18-5-2/h6-8H,4-5H2,1-3H3. The maximum absolute atomic E-state index is 11.6. The molecule has 0 spiro atoms. The quantitative estimate of drug-likeness (QED) is 0.750. The van der Waals surface area contributed by atoms with Gasteiger partial charge in [-0.3, -0.25) is 0 Å². The Hall–Kier alpha value is -2.04. The van der Waals surface area contributed by atoms with Crippen LogP contribution >= 0.6 is 0 Å². The first-order valence-electron chi connectivity index (χ1n) is 5.66. The summed E-state index contributed by atoms with van der Waals surface area (Å²) in [6, 6.07) is 4.46. The fourth-order valence-electron chi connectivity index (χ4n) is 1.41. The number of hydrogen-bond donors (Lipinski definition) is 0. The van der Waals surface area contributed by atoms with Crippen LogP contribution in [0, 0.1) is 0 Å². The third-order valence-corrected chi connectivity index (χ3v) is 2.21. The normalized spacial score (nSPS) is 9.72. The van der Waals surface area contributed by atoms with Crippen molar-refractivity contribution in [2.45, 2.75) is 13.8 Å².